The molecule has 0 bridgehead atoms. The van der Waals surface area contributed by atoms with E-state index in [-0.39, 0.29) is 10.8 Å². The zero-order valence-corrected chi connectivity index (χ0v) is 15.4. The number of hydrogen-bond acceptors (Lipinski definition) is 1. The summed E-state index contributed by atoms with van der Waals surface area (Å²) in [4.78, 5) is 0. The van der Waals surface area contributed by atoms with Gasteiger partial charge in [-0.15, -0.1) is 0 Å². The van der Waals surface area contributed by atoms with Crippen molar-refractivity contribution < 1.29 is 5.11 Å². The fourth-order valence-corrected chi connectivity index (χ4v) is 3.17. The predicted molar refractivity (Wildman–Crippen MR) is 102 cm³/mol. The number of rotatable bonds is 4. The molecule has 0 saturated carbocycles. The van der Waals surface area contributed by atoms with E-state index in [1.54, 1.807) is 0 Å². The molecule has 0 spiro atoms. The summed E-state index contributed by atoms with van der Waals surface area (Å²) >= 11 is 0. The van der Waals surface area contributed by atoms with Crippen LogP contribution in [0.4, 0.5) is 0 Å². The van der Waals surface area contributed by atoms with Crippen molar-refractivity contribution in [3.05, 3.63) is 64.7 Å². The lowest BCUT2D eigenvalue weighted by Gasteiger charge is -2.33. The summed E-state index contributed by atoms with van der Waals surface area (Å²) in [6.07, 6.45) is 1.79. The third kappa shape index (κ3) is 3.31. The van der Waals surface area contributed by atoms with E-state index >= 15 is 0 Å². The molecule has 23 heavy (non-hydrogen) atoms. The highest BCUT2D eigenvalue weighted by Gasteiger charge is 2.32. The van der Waals surface area contributed by atoms with Crippen LogP contribution in [0.25, 0.3) is 0 Å². The Balaban J connectivity index is 2.74. The van der Waals surface area contributed by atoms with Crippen molar-refractivity contribution >= 4 is 7.85 Å². The molecule has 0 fully saturated rings. The normalized spacial score (nSPS) is 14.5. The first-order chi connectivity index (χ1) is 10.7. The van der Waals surface area contributed by atoms with E-state index in [9.17, 15) is 5.11 Å². The second-order valence-corrected chi connectivity index (χ2v) is 7.69. The second kappa shape index (κ2) is 6.43. The number of aromatic hydroxyl groups is 1. The van der Waals surface area contributed by atoms with Crippen LogP contribution >= 0.6 is 0 Å². The van der Waals surface area contributed by atoms with Gasteiger partial charge in [0.2, 0.25) is 0 Å². The first-order valence-corrected chi connectivity index (χ1v) is 8.66. The van der Waals surface area contributed by atoms with E-state index in [1.807, 2.05) is 6.07 Å². The van der Waals surface area contributed by atoms with Gasteiger partial charge in [0.1, 0.15) is 13.6 Å². The number of benzene rings is 2. The maximum absolute atomic E-state index is 10.9. The average molecular weight is 308 g/mol. The summed E-state index contributed by atoms with van der Waals surface area (Å²) in [7, 11) is 2.11. The minimum Gasteiger partial charge on any atom is -0.507 e. The fourth-order valence-electron chi connectivity index (χ4n) is 3.17. The summed E-state index contributed by atoms with van der Waals surface area (Å²) < 4.78 is 0. The molecule has 2 heteroatoms. The van der Waals surface area contributed by atoms with Gasteiger partial charge in [0.05, 0.1) is 0 Å². The van der Waals surface area contributed by atoms with Gasteiger partial charge in [-0.3, -0.25) is 0 Å². The first-order valence-electron chi connectivity index (χ1n) is 8.66. The molecule has 122 valence electrons. The van der Waals surface area contributed by atoms with Crippen LogP contribution < -0.4 is 0 Å². The van der Waals surface area contributed by atoms with Crippen LogP contribution in [0, 0.1) is 0 Å². The SMILES string of the molecule is BCc1cc(C(C)(C)C)cc(C(C)(CC)c2ccccc2)c1O. The molecule has 0 aliphatic carbocycles. The van der Waals surface area contributed by atoms with Gasteiger partial charge in [0.15, 0.2) is 0 Å². The summed E-state index contributed by atoms with van der Waals surface area (Å²) in [5.74, 6) is 0.466. The van der Waals surface area contributed by atoms with Gasteiger partial charge in [-0.1, -0.05) is 83.4 Å². The van der Waals surface area contributed by atoms with Crippen LogP contribution in [-0.2, 0) is 17.2 Å². The maximum atomic E-state index is 10.9. The number of hydrogen-bond donors (Lipinski definition) is 1. The molecule has 1 unspecified atom stereocenters. The van der Waals surface area contributed by atoms with Crippen molar-refractivity contribution in [3.8, 4) is 5.75 Å². The minimum atomic E-state index is -0.184. The lowest BCUT2D eigenvalue weighted by atomic mass is 9.71. The summed E-state index contributed by atoms with van der Waals surface area (Å²) in [6.45, 7) is 11.1. The van der Waals surface area contributed by atoms with Crippen molar-refractivity contribution in [1.82, 2.24) is 0 Å². The second-order valence-electron chi connectivity index (χ2n) is 7.69. The van der Waals surface area contributed by atoms with Gasteiger partial charge < -0.3 is 5.11 Å². The van der Waals surface area contributed by atoms with Crippen molar-refractivity contribution in [2.45, 2.75) is 58.2 Å². The molecule has 0 aliphatic heterocycles. The zero-order chi connectivity index (χ0) is 17.3. The molecular formula is C21H29BO. The standard InChI is InChI=1S/C21H29BO/c1-6-21(5,16-10-8-7-9-11-16)18-13-17(20(2,3)4)12-15(14-22)19(18)23/h7-13,23H,6,14,22H2,1-5H3. The third-order valence-electron chi connectivity index (χ3n) is 5.15. The average Bonchev–Trinajstić information content (AvgIpc) is 2.54. The van der Waals surface area contributed by atoms with Crippen molar-refractivity contribution in [2.75, 3.05) is 0 Å². The van der Waals surface area contributed by atoms with Gasteiger partial charge in [-0.25, -0.2) is 0 Å². The fraction of sp³-hybridized carbons (Fsp3) is 0.429. The van der Waals surface area contributed by atoms with Crippen LogP contribution in [0.2, 0.25) is 0 Å². The minimum absolute atomic E-state index is 0.0672. The Hall–Kier alpha value is -1.70. The highest BCUT2D eigenvalue weighted by molar-refractivity contribution is 6.08. The molecular weight excluding hydrogens is 279 g/mol. The zero-order valence-electron chi connectivity index (χ0n) is 15.4. The Morgan fingerprint density at radius 3 is 2.04 bits per heavy atom. The lowest BCUT2D eigenvalue weighted by Crippen LogP contribution is -2.24. The van der Waals surface area contributed by atoms with Gasteiger partial charge in [-0.05, 0) is 28.5 Å². The largest absolute Gasteiger partial charge is 0.507 e. The van der Waals surface area contributed by atoms with Crippen LogP contribution in [0.1, 0.15) is 63.3 Å². The molecule has 0 aliphatic rings. The molecule has 1 atom stereocenters. The van der Waals surface area contributed by atoms with E-state index in [0.717, 1.165) is 23.9 Å². The smallest absolute Gasteiger partial charge is 0.122 e. The summed E-state index contributed by atoms with van der Waals surface area (Å²) in [6, 6.07) is 14.9. The Labute approximate surface area is 142 Å². The Morgan fingerprint density at radius 1 is 0.957 bits per heavy atom. The summed E-state index contributed by atoms with van der Waals surface area (Å²) in [5, 5.41) is 10.9. The van der Waals surface area contributed by atoms with Crippen molar-refractivity contribution in [3.63, 3.8) is 0 Å². The Kier molecular flexibility index (Phi) is 4.94. The van der Waals surface area contributed by atoms with Crippen molar-refractivity contribution in [1.29, 1.82) is 0 Å². The van der Waals surface area contributed by atoms with Crippen LogP contribution in [0.5, 0.6) is 5.75 Å². The Bertz CT molecular complexity index is 670. The summed E-state index contributed by atoms with van der Waals surface area (Å²) in [5.41, 5.74) is 4.52. The van der Waals surface area contributed by atoms with Crippen LogP contribution in [0.15, 0.2) is 42.5 Å². The highest BCUT2D eigenvalue weighted by Crippen LogP contribution is 2.43. The first kappa shape index (κ1) is 17.7. The van der Waals surface area contributed by atoms with Gasteiger partial charge in [0.25, 0.3) is 0 Å². The van der Waals surface area contributed by atoms with E-state index in [4.69, 9.17) is 0 Å². The highest BCUT2D eigenvalue weighted by atomic mass is 16.3. The maximum Gasteiger partial charge on any atom is 0.122 e. The molecule has 0 amide bonds. The van der Waals surface area contributed by atoms with Crippen LogP contribution in [-0.4, -0.2) is 13.0 Å². The number of phenols is 1. The molecule has 0 saturated heterocycles. The molecule has 1 N–H and O–H groups in total. The van der Waals surface area contributed by atoms with Gasteiger partial charge in [0, 0.05) is 11.0 Å². The molecule has 2 rings (SSSR count). The third-order valence-corrected chi connectivity index (χ3v) is 5.15. The number of phenolic OH excluding ortho intramolecular Hbond substituents is 1. The van der Waals surface area contributed by atoms with Gasteiger partial charge in [-0.2, -0.15) is 0 Å². The monoisotopic (exact) mass is 308 g/mol. The molecule has 1 nitrogen and oxygen atoms in total. The van der Waals surface area contributed by atoms with E-state index in [0.29, 0.717) is 5.75 Å². The predicted octanol–water partition coefficient (Wildman–Crippen LogP) is 4.54. The molecule has 2 aromatic carbocycles. The van der Waals surface area contributed by atoms with E-state index < -0.39 is 0 Å². The molecule has 2 aromatic rings. The topological polar surface area (TPSA) is 20.2 Å². The van der Waals surface area contributed by atoms with Crippen molar-refractivity contribution in [2.24, 2.45) is 0 Å². The molecule has 0 aromatic heterocycles. The quantitative estimate of drug-likeness (QED) is 0.822. The van der Waals surface area contributed by atoms with E-state index in [2.05, 4.69) is 78.9 Å². The molecule has 0 radical (unpaired) electrons. The Morgan fingerprint density at radius 2 is 1.57 bits per heavy atom. The molecule has 0 heterocycles. The van der Waals surface area contributed by atoms with Gasteiger partial charge >= 0.3 is 0 Å². The lowest BCUT2D eigenvalue weighted by molar-refractivity contribution is 0.435. The van der Waals surface area contributed by atoms with E-state index in [1.165, 1.54) is 11.1 Å². The van der Waals surface area contributed by atoms with Crippen LogP contribution in [0.3, 0.4) is 0 Å².